The summed E-state index contributed by atoms with van der Waals surface area (Å²) in [5.41, 5.74) is 5.68. The highest BCUT2D eigenvalue weighted by molar-refractivity contribution is 7.89. The first-order valence-corrected chi connectivity index (χ1v) is 9.34. The summed E-state index contributed by atoms with van der Waals surface area (Å²) in [4.78, 5) is 0.309. The lowest BCUT2D eigenvalue weighted by molar-refractivity contribution is 0.289. The maximum Gasteiger partial charge on any atom is 0.243 e. The molecule has 1 aliphatic rings. The van der Waals surface area contributed by atoms with E-state index in [1.807, 2.05) is 0 Å². The molecule has 2 rings (SSSR count). The SMILES string of the molecule is CC(C)CCOc1ccc(S(=O)(=O)N2CCCC2CN)cc1. The largest absolute Gasteiger partial charge is 0.494 e. The van der Waals surface area contributed by atoms with Crippen molar-refractivity contribution < 1.29 is 13.2 Å². The molecular weight excluding hydrogens is 300 g/mol. The Morgan fingerprint density at radius 1 is 1.32 bits per heavy atom. The highest BCUT2D eigenvalue weighted by Crippen LogP contribution is 2.26. The van der Waals surface area contributed by atoms with Crippen molar-refractivity contribution in [3.05, 3.63) is 24.3 Å². The van der Waals surface area contributed by atoms with Gasteiger partial charge in [0.15, 0.2) is 0 Å². The Labute approximate surface area is 133 Å². The van der Waals surface area contributed by atoms with Gasteiger partial charge in [-0.05, 0) is 49.4 Å². The Morgan fingerprint density at radius 3 is 2.59 bits per heavy atom. The first kappa shape index (κ1) is 17.2. The van der Waals surface area contributed by atoms with Crippen molar-refractivity contribution >= 4 is 10.0 Å². The van der Waals surface area contributed by atoms with Gasteiger partial charge in [0, 0.05) is 19.1 Å². The Hall–Kier alpha value is -1.11. The van der Waals surface area contributed by atoms with Crippen LogP contribution in [0.5, 0.6) is 5.75 Å². The van der Waals surface area contributed by atoms with Gasteiger partial charge in [0.25, 0.3) is 0 Å². The van der Waals surface area contributed by atoms with Crippen LogP contribution in [0.3, 0.4) is 0 Å². The van der Waals surface area contributed by atoms with E-state index >= 15 is 0 Å². The van der Waals surface area contributed by atoms with Gasteiger partial charge in [-0.25, -0.2) is 8.42 Å². The number of hydrogen-bond donors (Lipinski definition) is 1. The minimum absolute atomic E-state index is 0.0769. The number of hydrogen-bond acceptors (Lipinski definition) is 4. The highest BCUT2D eigenvalue weighted by Gasteiger charge is 2.34. The van der Waals surface area contributed by atoms with Gasteiger partial charge in [0.1, 0.15) is 5.75 Å². The Morgan fingerprint density at radius 2 is 2.00 bits per heavy atom. The summed E-state index contributed by atoms with van der Waals surface area (Å²) < 4.78 is 32.4. The summed E-state index contributed by atoms with van der Waals surface area (Å²) in [5.74, 6) is 1.29. The van der Waals surface area contributed by atoms with E-state index in [1.54, 1.807) is 24.3 Å². The Balaban J connectivity index is 2.06. The van der Waals surface area contributed by atoms with Gasteiger partial charge in [-0.3, -0.25) is 0 Å². The van der Waals surface area contributed by atoms with Gasteiger partial charge >= 0.3 is 0 Å². The van der Waals surface area contributed by atoms with E-state index in [-0.39, 0.29) is 6.04 Å². The predicted octanol–water partition coefficient (Wildman–Crippen LogP) is 2.22. The van der Waals surface area contributed by atoms with Crippen molar-refractivity contribution in [1.29, 1.82) is 0 Å². The molecule has 0 radical (unpaired) electrons. The van der Waals surface area contributed by atoms with E-state index in [1.165, 1.54) is 4.31 Å². The van der Waals surface area contributed by atoms with Gasteiger partial charge in [0.2, 0.25) is 10.0 Å². The van der Waals surface area contributed by atoms with E-state index in [2.05, 4.69) is 13.8 Å². The molecule has 2 N–H and O–H groups in total. The molecule has 1 aromatic rings. The number of rotatable bonds is 7. The summed E-state index contributed by atoms with van der Waals surface area (Å²) in [5, 5.41) is 0. The lowest BCUT2D eigenvalue weighted by Crippen LogP contribution is -2.39. The third kappa shape index (κ3) is 4.00. The molecular formula is C16H26N2O3S. The first-order valence-electron chi connectivity index (χ1n) is 7.90. The van der Waals surface area contributed by atoms with E-state index in [0.717, 1.165) is 19.3 Å². The molecule has 22 heavy (non-hydrogen) atoms. The van der Waals surface area contributed by atoms with E-state index in [0.29, 0.717) is 36.3 Å². The van der Waals surface area contributed by atoms with Crippen molar-refractivity contribution in [3.63, 3.8) is 0 Å². The summed E-state index contributed by atoms with van der Waals surface area (Å²) in [6, 6.07) is 6.60. The zero-order chi connectivity index (χ0) is 16.2. The van der Waals surface area contributed by atoms with Crippen LogP contribution in [-0.2, 0) is 10.0 Å². The highest BCUT2D eigenvalue weighted by atomic mass is 32.2. The van der Waals surface area contributed by atoms with E-state index in [9.17, 15) is 8.42 Å². The van der Waals surface area contributed by atoms with Crippen molar-refractivity contribution in [2.75, 3.05) is 19.7 Å². The monoisotopic (exact) mass is 326 g/mol. The second-order valence-electron chi connectivity index (χ2n) is 6.15. The van der Waals surface area contributed by atoms with Gasteiger partial charge in [0.05, 0.1) is 11.5 Å². The minimum atomic E-state index is -3.45. The molecule has 1 saturated heterocycles. The molecule has 0 saturated carbocycles. The van der Waals surface area contributed by atoms with E-state index in [4.69, 9.17) is 10.5 Å². The van der Waals surface area contributed by atoms with Gasteiger partial charge in [-0.1, -0.05) is 13.8 Å². The average molecular weight is 326 g/mol. The van der Waals surface area contributed by atoms with E-state index < -0.39 is 10.0 Å². The number of sulfonamides is 1. The molecule has 5 nitrogen and oxygen atoms in total. The van der Waals surface area contributed by atoms with Gasteiger partial charge in [-0.2, -0.15) is 4.31 Å². The Kier molecular flexibility index (Phi) is 5.83. The molecule has 0 aliphatic carbocycles. The second-order valence-corrected chi connectivity index (χ2v) is 8.04. The topological polar surface area (TPSA) is 72.6 Å². The van der Waals surface area contributed by atoms with Crippen LogP contribution in [0, 0.1) is 5.92 Å². The summed E-state index contributed by atoms with van der Waals surface area (Å²) >= 11 is 0. The third-order valence-corrected chi connectivity index (χ3v) is 5.96. The smallest absolute Gasteiger partial charge is 0.243 e. The Bertz CT molecular complexity index is 570. The van der Waals surface area contributed by atoms with Crippen LogP contribution in [0.2, 0.25) is 0 Å². The summed E-state index contributed by atoms with van der Waals surface area (Å²) in [7, 11) is -3.45. The standard InChI is InChI=1S/C16H26N2O3S/c1-13(2)9-11-21-15-5-7-16(8-6-15)22(19,20)18-10-3-4-14(18)12-17/h5-8,13-14H,3-4,9-12,17H2,1-2H3. The average Bonchev–Trinajstić information content (AvgIpc) is 2.96. The normalized spacial score (nSPS) is 19.7. The predicted molar refractivity (Wildman–Crippen MR) is 87.4 cm³/mol. The summed E-state index contributed by atoms with van der Waals surface area (Å²) in [6.45, 7) is 5.85. The molecule has 0 spiro atoms. The molecule has 6 heteroatoms. The first-order chi connectivity index (χ1) is 10.4. The van der Waals surface area contributed by atoms with Crippen LogP contribution in [0.25, 0.3) is 0 Å². The number of nitrogens with two attached hydrogens (primary N) is 1. The molecule has 1 heterocycles. The zero-order valence-electron chi connectivity index (χ0n) is 13.4. The van der Waals surface area contributed by atoms with Crippen LogP contribution >= 0.6 is 0 Å². The van der Waals surface area contributed by atoms with Crippen molar-refractivity contribution in [2.45, 2.75) is 44.0 Å². The van der Waals surface area contributed by atoms with Crippen molar-refractivity contribution in [1.82, 2.24) is 4.31 Å². The quantitative estimate of drug-likeness (QED) is 0.834. The second kappa shape index (κ2) is 7.44. The molecule has 0 amide bonds. The molecule has 124 valence electrons. The van der Waals surface area contributed by atoms with Crippen LogP contribution in [0.15, 0.2) is 29.2 Å². The molecule has 0 aromatic heterocycles. The van der Waals surface area contributed by atoms with Gasteiger partial charge < -0.3 is 10.5 Å². The molecule has 1 aromatic carbocycles. The number of ether oxygens (including phenoxy) is 1. The molecule has 1 atom stereocenters. The fraction of sp³-hybridized carbons (Fsp3) is 0.625. The fourth-order valence-electron chi connectivity index (χ4n) is 2.62. The lowest BCUT2D eigenvalue weighted by Gasteiger charge is -2.22. The van der Waals surface area contributed by atoms with Crippen molar-refractivity contribution in [2.24, 2.45) is 11.7 Å². The maximum absolute atomic E-state index is 12.6. The van der Waals surface area contributed by atoms with Crippen molar-refractivity contribution in [3.8, 4) is 5.75 Å². The molecule has 1 fully saturated rings. The number of nitrogens with zero attached hydrogens (tertiary/aromatic N) is 1. The minimum Gasteiger partial charge on any atom is -0.494 e. The van der Waals surface area contributed by atoms with Crippen LogP contribution in [-0.4, -0.2) is 38.5 Å². The van der Waals surface area contributed by atoms with Crippen LogP contribution < -0.4 is 10.5 Å². The lowest BCUT2D eigenvalue weighted by atomic mass is 10.1. The molecule has 1 unspecified atom stereocenters. The van der Waals surface area contributed by atoms with Crippen LogP contribution in [0.1, 0.15) is 33.1 Å². The van der Waals surface area contributed by atoms with Crippen LogP contribution in [0.4, 0.5) is 0 Å². The number of benzene rings is 1. The molecule has 1 aliphatic heterocycles. The zero-order valence-corrected chi connectivity index (χ0v) is 14.2. The van der Waals surface area contributed by atoms with Gasteiger partial charge in [-0.15, -0.1) is 0 Å². The molecule has 0 bridgehead atoms. The maximum atomic E-state index is 12.6. The summed E-state index contributed by atoms with van der Waals surface area (Å²) in [6.07, 6.45) is 2.69. The third-order valence-electron chi connectivity index (χ3n) is 3.99. The fourth-order valence-corrected chi connectivity index (χ4v) is 4.32.